The third kappa shape index (κ3) is 2.24. The van der Waals surface area contributed by atoms with Crippen molar-refractivity contribution in [1.29, 1.82) is 0 Å². The highest BCUT2D eigenvalue weighted by Crippen LogP contribution is 2.39. The Balaban J connectivity index is 1.76. The highest BCUT2D eigenvalue weighted by Gasteiger charge is 2.31. The number of aromatic nitrogens is 2. The molecule has 0 amide bonds. The molecule has 0 aliphatic heterocycles. The average Bonchev–Trinajstić information content (AvgIpc) is 2.98. The molecule has 2 aromatic rings. The van der Waals surface area contributed by atoms with Gasteiger partial charge in [0.2, 0.25) is 0 Å². The lowest BCUT2D eigenvalue weighted by molar-refractivity contribution is 0.622. The van der Waals surface area contributed by atoms with E-state index < -0.39 is 0 Å². The lowest BCUT2D eigenvalue weighted by Crippen LogP contribution is -2.26. The standard InChI is InChI=1S/C17H17IN2O/c18-14-15(10-5-1-2-6-10)19-16(20-17(14)21)13-9-11-7-3-4-8-12(11)13/h3-4,7-8,10,13H,1-2,5-6,9H2,(H,19,20,21). The van der Waals surface area contributed by atoms with Crippen molar-refractivity contribution in [3.63, 3.8) is 0 Å². The molecule has 0 radical (unpaired) electrons. The summed E-state index contributed by atoms with van der Waals surface area (Å²) < 4.78 is 0.788. The molecular weight excluding hydrogens is 375 g/mol. The molecular formula is C17H17IN2O. The highest BCUT2D eigenvalue weighted by atomic mass is 127. The monoisotopic (exact) mass is 392 g/mol. The predicted octanol–water partition coefficient (Wildman–Crippen LogP) is 3.72. The van der Waals surface area contributed by atoms with Gasteiger partial charge in [-0.05, 0) is 53.0 Å². The lowest BCUT2D eigenvalue weighted by Gasteiger charge is -2.29. The van der Waals surface area contributed by atoms with Gasteiger partial charge in [-0.3, -0.25) is 4.79 Å². The van der Waals surface area contributed by atoms with Gasteiger partial charge in [-0.25, -0.2) is 4.98 Å². The maximum Gasteiger partial charge on any atom is 0.264 e. The zero-order valence-electron chi connectivity index (χ0n) is 11.7. The van der Waals surface area contributed by atoms with Crippen molar-refractivity contribution in [3.05, 3.63) is 60.8 Å². The summed E-state index contributed by atoms with van der Waals surface area (Å²) in [4.78, 5) is 20.2. The van der Waals surface area contributed by atoms with E-state index in [9.17, 15) is 4.79 Å². The molecule has 1 saturated carbocycles. The molecule has 0 saturated heterocycles. The summed E-state index contributed by atoms with van der Waals surface area (Å²) in [5.74, 6) is 1.61. The van der Waals surface area contributed by atoms with Crippen LogP contribution in [0.1, 0.15) is 60.2 Å². The predicted molar refractivity (Wildman–Crippen MR) is 90.8 cm³/mol. The fraction of sp³-hybridized carbons (Fsp3) is 0.412. The van der Waals surface area contributed by atoms with E-state index in [0.717, 1.165) is 21.5 Å². The van der Waals surface area contributed by atoms with Crippen molar-refractivity contribution in [2.75, 3.05) is 0 Å². The van der Waals surface area contributed by atoms with Crippen LogP contribution in [0.15, 0.2) is 29.1 Å². The molecule has 4 rings (SSSR count). The van der Waals surface area contributed by atoms with E-state index in [1.54, 1.807) is 0 Å². The third-order valence-corrected chi connectivity index (χ3v) is 5.88. The second-order valence-corrected chi connectivity index (χ2v) is 7.17. The minimum Gasteiger partial charge on any atom is -0.309 e. The molecule has 1 unspecified atom stereocenters. The number of nitrogens with one attached hydrogen (secondary N) is 1. The quantitative estimate of drug-likeness (QED) is 0.792. The Labute approximate surface area is 137 Å². The van der Waals surface area contributed by atoms with Crippen molar-refractivity contribution in [3.8, 4) is 0 Å². The Bertz CT molecular complexity index is 747. The molecule has 3 nitrogen and oxygen atoms in total. The Morgan fingerprint density at radius 3 is 2.71 bits per heavy atom. The van der Waals surface area contributed by atoms with Crippen molar-refractivity contribution in [1.82, 2.24) is 9.97 Å². The maximum atomic E-state index is 12.3. The summed E-state index contributed by atoms with van der Waals surface area (Å²) in [6.45, 7) is 0. The number of benzene rings is 1. The fourth-order valence-corrected chi connectivity index (χ4v) is 4.33. The second-order valence-electron chi connectivity index (χ2n) is 6.09. The third-order valence-electron chi connectivity index (χ3n) is 4.83. The second kappa shape index (κ2) is 5.23. The van der Waals surface area contributed by atoms with Gasteiger partial charge in [-0.15, -0.1) is 0 Å². The van der Waals surface area contributed by atoms with Crippen molar-refractivity contribution >= 4 is 22.6 Å². The zero-order chi connectivity index (χ0) is 14.4. The molecule has 1 fully saturated rings. The largest absolute Gasteiger partial charge is 0.309 e. The first-order valence-corrected chi connectivity index (χ1v) is 8.69. The van der Waals surface area contributed by atoms with Crippen LogP contribution in [0.3, 0.4) is 0 Å². The summed E-state index contributed by atoms with van der Waals surface area (Å²) >= 11 is 2.16. The van der Waals surface area contributed by atoms with Gasteiger partial charge in [0.15, 0.2) is 0 Å². The molecule has 108 valence electrons. The van der Waals surface area contributed by atoms with Crippen LogP contribution >= 0.6 is 22.6 Å². The van der Waals surface area contributed by atoms with Crippen molar-refractivity contribution in [2.24, 2.45) is 0 Å². The van der Waals surface area contributed by atoms with E-state index in [0.29, 0.717) is 5.92 Å². The van der Waals surface area contributed by atoms with E-state index in [-0.39, 0.29) is 11.5 Å². The van der Waals surface area contributed by atoms with Gasteiger partial charge in [0.05, 0.1) is 9.26 Å². The minimum absolute atomic E-state index is 0.0341. The van der Waals surface area contributed by atoms with E-state index in [1.807, 2.05) is 0 Å². The number of hydrogen-bond donors (Lipinski definition) is 1. The van der Waals surface area contributed by atoms with Crippen LogP contribution in [0.2, 0.25) is 0 Å². The summed E-state index contributed by atoms with van der Waals surface area (Å²) in [6, 6.07) is 8.45. The fourth-order valence-electron chi connectivity index (χ4n) is 3.63. The summed E-state index contributed by atoms with van der Waals surface area (Å²) in [6.07, 6.45) is 5.86. The van der Waals surface area contributed by atoms with Gasteiger partial charge in [-0.1, -0.05) is 37.1 Å². The van der Waals surface area contributed by atoms with Crippen LogP contribution < -0.4 is 5.56 Å². The van der Waals surface area contributed by atoms with Crippen LogP contribution in [-0.4, -0.2) is 9.97 Å². The van der Waals surface area contributed by atoms with Crippen LogP contribution in [0.4, 0.5) is 0 Å². The van der Waals surface area contributed by atoms with Crippen molar-refractivity contribution < 1.29 is 0 Å². The lowest BCUT2D eigenvalue weighted by atomic mass is 9.77. The van der Waals surface area contributed by atoms with Gasteiger partial charge in [0, 0.05) is 11.8 Å². The number of nitrogens with zero attached hydrogens (tertiary/aromatic N) is 1. The molecule has 0 spiro atoms. The van der Waals surface area contributed by atoms with Gasteiger partial charge >= 0.3 is 0 Å². The van der Waals surface area contributed by atoms with E-state index in [1.165, 1.54) is 36.8 Å². The average molecular weight is 392 g/mol. The highest BCUT2D eigenvalue weighted by molar-refractivity contribution is 14.1. The first-order chi connectivity index (χ1) is 10.2. The smallest absolute Gasteiger partial charge is 0.264 e. The Hall–Kier alpha value is -1.17. The summed E-state index contributed by atoms with van der Waals surface area (Å²) in [7, 11) is 0. The van der Waals surface area contributed by atoms with Crippen LogP contribution in [0.25, 0.3) is 0 Å². The molecule has 4 heteroatoms. The van der Waals surface area contributed by atoms with Gasteiger partial charge in [-0.2, -0.15) is 0 Å². The molecule has 1 heterocycles. The van der Waals surface area contributed by atoms with Crippen LogP contribution in [0.5, 0.6) is 0 Å². The van der Waals surface area contributed by atoms with E-state index in [4.69, 9.17) is 4.98 Å². The first kappa shape index (κ1) is 13.5. The molecule has 0 bridgehead atoms. The molecule has 1 aromatic heterocycles. The topological polar surface area (TPSA) is 45.8 Å². The molecule has 1 atom stereocenters. The first-order valence-electron chi connectivity index (χ1n) is 7.61. The molecule has 1 aromatic carbocycles. The number of hydrogen-bond acceptors (Lipinski definition) is 2. The Morgan fingerprint density at radius 1 is 1.19 bits per heavy atom. The number of rotatable bonds is 2. The molecule has 21 heavy (non-hydrogen) atoms. The van der Waals surface area contributed by atoms with Crippen LogP contribution in [0, 0.1) is 3.57 Å². The van der Waals surface area contributed by atoms with E-state index >= 15 is 0 Å². The number of fused-ring (bicyclic) bond motifs is 1. The number of aromatic amines is 1. The summed E-state index contributed by atoms with van der Waals surface area (Å²) in [5, 5.41) is 0. The zero-order valence-corrected chi connectivity index (χ0v) is 13.9. The normalized spacial score (nSPS) is 21.1. The number of halogens is 1. The van der Waals surface area contributed by atoms with Gasteiger partial charge in [0.1, 0.15) is 5.82 Å². The summed E-state index contributed by atoms with van der Waals surface area (Å²) in [5.41, 5.74) is 3.77. The van der Waals surface area contributed by atoms with Gasteiger partial charge < -0.3 is 4.98 Å². The van der Waals surface area contributed by atoms with Gasteiger partial charge in [0.25, 0.3) is 5.56 Å². The molecule has 2 aliphatic carbocycles. The Morgan fingerprint density at radius 2 is 1.95 bits per heavy atom. The molecule has 1 N–H and O–H groups in total. The van der Waals surface area contributed by atoms with Crippen LogP contribution in [-0.2, 0) is 6.42 Å². The minimum atomic E-state index is 0.0341. The molecule has 2 aliphatic rings. The van der Waals surface area contributed by atoms with Crippen molar-refractivity contribution in [2.45, 2.75) is 43.9 Å². The number of H-pyrrole nitrogens is 1. The SMILES string of the molecule is O=c1[nH]c(C2Cc3ccccc32)nc(C2CCCC2)c1I. The maximum absolute atomic E-state index is 12.3. The Kier molecular flexibility index (Phi) is 3.36. The van der Waals surface area contributed by atoms with E-state index in [2.05, 4.69) is 51.8 Å².